The van der Waals surface area contributed by atoms with Crippen LogP contribution in [-0.2, 0) is 0 Å². The van der Waals surface area contributed by atoms with Crippen molar-refractivity contribution >= 4 is 38.9 Å². The van der Waals surface area contributed by atoms with Crippen LogP contribution >= 0.6 is 11.3 Å². The number of rotatable bonds is 4. The number of halogens is 1. The number of aromatic nitrogens is 3. The first-order valence-corrected chi connectivity index (χ1v) is 9.98. The Balaban J connectivity index is 1.53. The fourth-order valence-corrected chi connectivity index (χ4v) is 3.96. The minimum atomic E-state index is -0.357. The third kappa shape index (κ3) is 3.17. The second kappa shape index (κ2) is 7.23. The fourth-order valence-electron chi connectivity index (χ4n) is 3.24. The van der Waals surface area contributed by atoms with E-state index in [1.807, 2.05) is 29.8 Å². The molecule has 1 amide bonds. The molecule has 1 N–H and O–H groups in total. The number of fused-ring (bicyclic) bond motifs is 2. The van der Waals surface area contributed by atoms with Crippen LogP contribution < -0.4 is 10.1 Å². The molecule has 0 aliphatic heterocycles. The first-order chi connectivity index (χ1) is 14.6. The van der Waals surface area contributed by atoms with Gasteiger partial charge in [-0.3, -0.25) is 9.20 Å². The average Bonchev–Trinajstić information content (AvgIpc) is 3.36. The molecule has 0 bridgehead atoms. The maximum absolute atomic E-state index is 13.3. The highest BCUT2D eigenvalue weighted by Crippen LogP contribution is 2.31. The third-order valence-corrected chi connectivity index (χ3v) is 5.50. The molecule has 0 aliphatic rings. The summed E-state index contributed by atoms with van der Waals surface area (Å²) in [6.07, 6.45) is 1.83. The Labute approximate surface area is 174 Å². The summed E-state index contributed by atoms with van der Waals surface area (Å²) in [5.74, 6) is 0.551. The Morgan fingerprint density at radius 3 is 2.73 bits per heavy atom. The number of amides is 1. The van der Waals surface area contributed by atoms with Crippen LogP contribution in [0.25, 0.3) is 27.1 Å². The molecule has 0 atom stereocenters. The van der Waals surface area contributed by atoms with Gasteiger partial charge in [-0.15, -0.1) is 11.3 Å². The smallest absolute Gasteiger partial charge is 0.275 e. The van der Waals surface area contributed by atoms with E-state index >= 15 is 0 Å². The number of anilines is 1. The molecule has 0 unspecified atom stereocenters. The Morgan fingerprint density at radius 2 is 1.93 bits per heavy atom. The topological polar surface area (TPSA) is 68.5 Å². The minimum Gasteiger partial charge on any atom is -0.497 e. The Hall–Kier alpha value is -3.78. The van der Waals surface area contributed by atoms with Crippen LogP contribution in [0.1, 0.15) is 10.5 Å². The van der Waals surface area contributed by atoms with Crippen LogP contribution in [0.3, 0.4) is 0 Å². The fraction of sp³-hybridized carbons (Fsp3) is 0.0455. The van der Waals surface area contributed by atoms with E-state index in [1.165, 1.54) is 23.5 Å². The highest BCUT2D eigenvalue weighted by atomic mass is 32.1. The van der Waals surface area contributed by atoms with Gasteiger partial charge in [0, 0.05) is 22.5 Å². The molecule has 148 valence electrons. The molecule has 6 nitrogen and oxygen atoms in total. The summed E-state index contributed by atoms with van der Waals surface area (Å²) in [7, 11) is 1.60. The molecule has 0 spiro atoms. The van der Waals surface area contributed by atoms with E-state index in [0.717, 1.165) is 16.1 Å². The van der Waals surface area contributed by atoms with Crippen molar-refractivity contribution in [3.05, 3.63) is 77.7 Å². The van der Waals surface area contributed by atoms with Crippen molar-refractivity contribution in [2.45, 2.75) is 0 Å². The number of thiazole rings is 1. The van der Waals surface area contributed by atoms with Crippen molar-refractivity contribution < 1.29 is 13.9 Å². The van der Waals surface area contributed by atoms with Crippen molar-refractivity contribution in [2.24, 2.45) is 0 Å². The van der Waals surface area contributed by atoms with Gasteiger partial charge in [-0.25, -0.2) is 14.4 Å². The van der Waals surface area contributed by atoms with Crippen LogP contribution in [0.5, 0.6) is 5.75 Å². The molecule has 30 heavy (non-hydrogen) atoms. The highest BCUT2D eigenvalue weighted by Gasteiger charge is 2.19. The van der Waals surface area contributed by atoms with Gasteiger partial charge in [0.2, 0.25) is 0 Å². The molecule has 0 saturated carbocycles. The van der Waals surface area contributed by atoms with E-state index in [4.69, 9.17) is 4.74 Å². The van der Waals surface area contributed by atoms with E-state index in [2.05, 4.69) is 15.3 Å². The lowest BCUT2D eigenvalue weighted by Crippen LogP contribution is -2.15. The van der Waals surface area contributed by atoms with Crippen LogP contribution in [-0.4, -0.2) is 27.4 Å². The lowest BCUT2D eigenvalue weighted by molar-refractivity contribution is 0.102. The van der Waals surface area contributed by atoms with Crippen molar-refractivity contribution in [2.75, 3.05) is 12.4 Å². The van der Waals surface area contributed by atoms with Gasteiger partial charge in [0.1, 0.15) is 28.8 Å². The average molecular weight is 418 g/mol. The second-order valence-electron chi connectivity index (χ2n) is 6.58. The SMILES string of the molecule is COc1ccc2nc(C(=O)Nc3c(-c4ccc(F)cc4)nc4sccn34)ccc2c1. The zero-order valence-corrected chi connectivity index (χ0v) is 16.6. The van der Waals surface area contributed by atoms with E-state index in [0.29, 0.717) is 22.6 Å². The summed E-state index contributed by atoms with van der Waals surface area (Å²) in [6.45, 7) is 0. The summed E-state index contributed by atoms with van der Waals surface area (Å²) >= 11 is 1.45. The standard InChI is InChI=1S/C22H15FN4O2S/c1-29-16-7-9-17-14(12-16)4-8-18(24-17)21(28)26-20-19(13-2-5-15(23)6-3-13)25-22-27(20)10-11-30-22/h2-12H,1H3,(H,26,28). The molecular weight excluding hydrogens is 403 g/mol. The number of ether oxygens (including phenoxy) is 1. The largest absolute Gasteiger partial charge is 0.497 e. The lowest BCUT2D eigenvalue weighted by Gasteiger charge is -2.08. The van der Waals surface area contributed by atoms with Gasteiger partial charge in [0.25, 0.3) is 5.91 Å². The molecule has 8 heteroatoms. The molecular formula is C22H15FN4O2S. The van der Waals surface area contributed by atoms with E-state index < -0.39 is 0 Å². The maximum Gasteiger partial charge on any atom is 0.275 e. The highest BCUT2D eigenvalue weighted by molar-refractivity contribution is 7.15. The molecule has 0 radical (unpaired) electrons. The van der Waals surface area contributed by atoms with Gasteiger partial charge >= 0.3 is 0 Å². The summed E-state index contributed by atoms with van der Waals surface area (Å²) in [5, 5.41) is 5.68. The number of benzene rings is 2. The van der Waals surface area contributed by atoms with Gasteiger partial charge < -0.3 is 10.1 Å². The van der Waals surface area contributed by atoms with Crippen molar-refractivity contribution in [3.63, 3.8) is 0 Å². The normalized spacial score (nSPS) is 11.1. The molecule has 2 aromatic carbocycles. The minimum absolute atomic E-state index is 0.280. The van der Waals surface area contributed by atoms with E-state index in [1.54, 1.807) is 35.8 Å². The molecule has 0 fully saturated rings. The lowest BCUT2D eigenvalue weighted by atomic mass is 10.1. The zero-order valence-electron chi connectivity index (χ0n) is 15.8. The molecule has 0 saturated heterocycles. The van der Waals surface area contributed by atoms with Gasteiger partial charge in [-0.2, -0.15) is 0 Å². The van der Waals surface area contributed by atoms with Crippen LogP contribution in [0.15, 0.2) is 66.2 Å². The van der Waals surface area contributed by atoms with Gasteiger partial charge in [-0.05, 0) is 48.5 Å². The third-order valence-electron chi connectivity index (χ3n) is 4.74. The van der Waals surface area contributed by atoms with Crippen molar-refractivity contribution in [3.8, 4) is 17.0 Å². The molecule has 3 heterocycles. The molecule has 5 aromatic rings. The zero-order chi connectivity index (χ0) is 20.7. The number of nitrogens with zero attached hydrogens (tertiary/aromatic N) is 3. The Kier molecular flexibility index (Phi) is 4.40. The maximum atomic E-state index is 13.3. The predicted octanol–water partition coefficient (Wildman–Crippen LogP) is 5.01. The molecule has 5 rings (SSSR count). The number of methoxy groups -OCH3 is 1. The van der Waals surface area contributed by atoms with Crippen LogP contribution in [0, 0.1) is 5.82 Å². The summed E-state index contributed by atoms with van der Waals surface area (Å²) < 4.78 is 20.4. The van der Waals surface area contributed by atoms with E-state index in [9.17, 15) is 9.18 Å². The number of imidazole rings is 1. The summed E-state index contributed by atoms with van der Waals surface area (Å²) in [4.78, 5) is 22.8. The number of hydrogen-bond acceptors (Lipinski definition) is 5. The van der Waals surface area contributed by atoms with Crippen LogP contribution in [0.2, 0.25) is 0 Å². The quantitative estimate of drug-likeness (QED) is 0.445. The molecule has 0 aliphatic carbocycles. The first-order valence-electron chi connectivity index (χ1n) is 9.10. The van der Waals surface area contributed by atoms with Gasteiger partial charge in [-0.1, -0.05) is 6.07 Å². The monoisotopic (exact) mass is 418 g/mol. The number of pyridine rings is 1. The van der Waals surface area contributed by atoms with Crippen molar-refractivity contribution in [1.29, 1.82) is 0 Å². The van der Waals surface area contributed by atoms with Gasteiger partial charge in [0.05, 0.1) is 12.6 Å². The first kappa shape index (κ1) is 18.3. The Morgan fingerprint density at radius 1 is 1.10 bits per heavy atom. The van der Waals surface area contributed by atoms with Gasteiger partial charge in [0.15, 0.2) is 4.96 Å². The predicted molar refractivity (Wildman–Crippen MR) is 115 cm³/mol. The number of carbonyl (C=O) groups is 1. The summed E-state index contributed by atoms with van der Waals surface area (Å²) in [6, 6.07) is 15.0. The Bertz CT molecular complexity index is 1390. The number of nitrogens with one attached hydrogen (secondary N) is 1. The van der Waals surface area contributed by atoms with E-state index in [-0.39, 0.29) is 17.4 Å². The summed E-state index contributed by atoms with van der Waals surface area (Å²) in [5.41, 5.74) is 2.25. The number of carbonyl (C=O) groups excluding carboxylic acids is 1. The van der Waals surface area contributed by atoms with Crippen molar-refractivity contribution in [1.82, 2.24) is 14.4 Å². The number of hydrogen-bond donors (Lipinski definition) is 1. The molecule has 3 aromatic heterocycles. The second-order valence-corrected chi connectivity index (χ2v) is 7.45. The van der Waals surface area contributed by atoms with Crippen LogP contribution in [0.4, 0.5) is 10.2 Å².